The molecule has 0 atom stereocenters. The third kappa shape index (κ3) is 3.82. The van der Waals surface area contributed by atoms with Crippen LogP contribution in [-0.4, -0.2) is 22.1 Å². The summed E-state index contributed by atoms with van der Waals surface area (Å²) in [5.41, 5.74) is -0.504. The van der Waals surface area contributed by atoms with Crippen molar-refractivity contribution in [2.24, 2.45) is 0 Å². The number of allylic oxidation sites excluding steroid dienone is 1. The number of nitrogens with one attached hydrogen (secondary N) is 1. The molecule has 0 unspecified atom stereocenters. The Morgan fingerprint density at radius 3 is 2.47 bits per heavy atom. The van der Waals surface area contributed by atoms with Crippen molar-refractivity contribution in [3.63, 3.8) is 0 Å². The molecule has 0 saturated carbocycles. The van der Waals surface area contributed by atoms with Crippen molar-refractivity contribution in [1.29, 1.82) is 10.5 Å². The van der Waals surface area contributed by atoms with Gasteiger partial charge in [-0.25, -0.2) is 0 Å². The third-order valence-corrected chi connectivity index (χ3v) is 2.07. The van der Waals surface area contributed by atoms with Crippen molar-refractivity contribution in [3.05, 3.63) is 40.1 Å². The lowest BCUT2D eigenvalue weighted by molar-refractivity contribution is -0.384. The van der Waals surface area contributed by atoms with E-state index < -0.39 is 12.0 Å². The minimum atomic E-state index is -1.86. The molecule has 0 amide bonds. The number of rotatable bonds is 4. The van der Waals surface area contributed by atoms with Crippen LogP contribution in [0.2, 0.25) is 0 Å². The van der Waals surface area contributed by atoms with Gasteiger partial charge >= 0.3 is 7.12 Å². The third-order valence-electron chi connectivity index (χ3n) is 2.07. The van der Waals surface area contributed by atoms with Gasteiger partial charge in [-0.2, -0.15) is 10.5 Å². The first-order valence-corrected chi connectivity index (χ1v) is 4.90. The Morgan fingerprint density at radius 2 is 2.00 bits per heavy atom. The van der Waals surface area contributed by atoms with Crippen LogP contribution in [0.25, 0.3) is 0 Å². The zero-order valence-electron chi connectivity index (χ0n) is 9.44. The smallest absolute Gasteiger partial charge is 0.423 e. The summed E-state index contributed by atoms with van der Waals surface area (Å²) in [6.45, 7) is 0. The minimum Gasteiger partial charge on any atom is -0.423 e. The number of benzene rings is 1. The first kappa shape index (κ1) is 14.2. The predicted octanol–water partition coefficient (Wildman–Crippen LogP) is -0.382. The molecule has 0 fully saturated rings. The molecule has 0 heterocycles. The van der Waals surface area contributed by atoms with Crippen LogP contribution in [0.5, 0.6) is 0 Å². The number of non-ortho nitro benzene ring substituents is 1. The fourth-order valence-electron chi connectivity index (χ4n) is 1.22. The number of nitrogens with zero attached hydrogens (tertiary/aromatic N) is 3. The highest BCUT2D eigenvalue weighted by Gasteiger charge is 2.17. The van der Waals surface area contributed by atoms with Crippen LogP contribution in [0.4, 0.5) is 11.4 Å². The first-order chi connectivity index (χ1) is 8.97. The average molecular weight is 258 g/mol. The highest BCUT2D eigenvalue weighted by atomic mass is 16.6. The van der Waals surface area contributed by atoms with E-state index in [2.05, 4.69) is 5.32 Å². The average Bonchev–Trinajstić information content (AvgIpc) is 2.39. The number of nitro benzene ring substituents is 1. The topological polar surface area (TPSA) is 143 Å². The van der Waals surface area contributed by atoms with E-state index in [1.54, 1.807) is 12.1 Å². The van der Waals surface area contributed by atoms with Crippen LogP contribution in [-0.2, 0) is 0 Å². The molecule has 0 radical (unpaired) electrons. The van der Waals surface area contributed by atoms with Gasteiger partial charge < -0.3 is 15.4 Å². The molecule has 0 aliphatic rings. The van der Waals surface area contributed by atoms with E-state index >= 15 is 0 Å². The highest BCUT2D eigenvalue weighted by Crippen LogP contribution is 2.16. The number of nitriles is 2. The van der Waals surface area contributed by atoms with E-state index in [1.807, 2.05) is 0 Å². The maximum Gasteiger partial charge on any atom is 0.488 e. The lowest BCUT2D eigenvalue weighted by Crippen LogP contribution is -2.30. The summed E-state index contributed by atoms with van der Waals surface area (Å²) in [6.07, 6.45) is 1.06. The first-order valence-electron chi connectivity index (χ1n) is 4.90. The van der Waals surface area contributed by atoms with Crippen molar-refractivity contribution in [2.45, 2.75) is 0 Å². The Kier molecular flexibility index (Phi) is 4.60. The molecule has 1 aromatic rings. The zero-order valence-corrected chi connectivity index (χ0v) is 9.44. The standard InChI is InChI=1S/C10H7BN4O4/c12-4-7(5-13)6-14-9-1-8(11(16)17)2-10(3-9)15(18)19/h1-3,6,14,16-17H. The molecule has 3 N–H and O–H groups in total. The largest absolute Gasteiger partial charge is 0.488 e. The second-order valence-electron chi connectivity index (χ2n) is 3.37. The molecule has 9 heteroatoms. The van der Waals surface area contributed by atoms with Gasteiger partial charge in [0.15, 0.2) is 0 Å². The van der Waals surface area contributed by atoms with Crippen LogP contribution in [0, 0.1) is 32.8 Å². The van der Waals surface area contributed by atoms with E-state index in [-0.39, 0.29) is 22.4 Å². The van der Waals surface area contributed by atoms with Gasteiger partial charge in [0.05, 0.1) is 4.92 Å². The van der Waals surface area contributed by atoms with Gasteiger partial charge in [0, 0.05) is 24.0 Å². The Labute approximate surface area is 108 Å². The molecule has 0 aromatic heterocycles. The fraction of sp³-hybridized carbons (Fsp3) is 0. The van der Waals surface area contributed by atoms with E-state index in [9.17, 15) is 10.1 Å². The van der Waals surface area contributed by atoms with Crippen LogP contribution in [0.15, 0.2) is 30.0 Å². The van der Waals surface area contributed by atoms with Crippen molar-refractivity contribution in [1.82, 2.24) is 0 Å². The number of hydrogen-bond acceptors (Lipinski definition) is 7. The van der Waals surface area contributed by atoms with Crippen molar-refractivity contribution >= 4 is 24.0 Å². The maximum absolute atomic E-state index is 10.7. The van der Waals surface area contributed by atoms with Crippen molar-refractivity contribution < 1.29 is 15.0 Å². The Bertz CT molecular complexity index is 599. The van der Waals surface area contributed by atoms with Crippen LogP contribution in [0.1, 0.15) is 0 Å². The molecule has 94 valence electrons. The molecule has 0 saturated heterocycles. The summed E-state index contributed by atoms with van der Waals surface area (Å²) < 4.78 is 0. The summed E-state index contributed by atoms with van der Waals surface area (Å²) in [7, 11) is -1.86. The van der Waals surface area contributed by atoms with E-state index in [4.69, 9.17) is 20.6 Å². The molecule has 19 heavy (non-hydrogen) atoms. The van der Waals surface area contributed by atoms with Crippen LogP contribution < -0.4 is 10.8 Å². The minimum absolute atomic E-state index is 0.0828. The van der Waals surface area contributed by atoms with Gasteiger partial charge in [-0.15, -0.1) is 0 Å². The summed E-state index contributed by atoms with van der Waals surface area (Å²) in [5.74, 6) is 0. The molecule has 0 aliphatic carbocycles. The molecule has 0 spiro atoms. The second kappa shape index (κ2) is 6.16. The summed E-state index contributed by atoms with van der Waals surface area (Å²) in [5, 5.41) is 48.2. The molecule has 0 aliphatic heterocycles. The molecular weight excluding hydrogens is 251 g/mol. The molecule has 1 aromatic carbocycles. The van der Waals surface area contributed by atoms with Crippen LogP contribution in [0.3, 0.4) is 0 Å². The van der Waals surface area contributed by atoms with Gasteiger partial charge in [-0.1, -0.05) is 0 Å². The van der Waals surface area contributed by atoms with Gasteiger partial charge in [0.1, 0.15) is 17.7 Å². The summed E-state index contributed by atoms with van der Waals surface area (Å²) >= 11 is 0. The second-order valence-corrected chi connectivity index (χ2v) is 3.37. The van der Waals surface area contributed by atoms with E-state index in [0.29, 0.717) is 0 Å². The van der Waals surface area contributed by atoms with Gasteiger partial charge in [0.25, 0.3) is 5.69 Å². The fourth-order valence-corrected chi connectivity index (χ4v) is 1.22. The van der Waals surface area contributed by atoms with Crippen molar-refractivity contribution in [3.8, 4) is 12.1 Å². The molecule has 8 nitrogen and oxygen atoms in total. The normalized spacial score (nSPS) is 8.84. The Balaban J connectivity index is 3.15. The van der Waals surface area contributed by atoms with Gasteiger partial charge in [0.2, 0.25) is 0 Å². The van der Waals surface area contributed by atoms with Gasteiger partial charge in [-0.3, -0.25) is 10.1 Å². The molecular formula is C10H7BN4O4. The van der Waals surface area contributed by atoms with E-state index in [1.165, 1.54) is 6.07 Å². The van der Waals surface area contributed by atoms with Gasteiger partial charge in [-0.05, 0) is 11.5 Å². The van der Waals surface area contributed by atoms with E-state index in [0.717, 1.165) is 18.3 Å². The summed E-state index contributed by atoms with van der Waals surface area (Å²) in [6, 6.07) is 6.60. The quantitative estimate of drug-likeness (QED) is 0.289. The predicted molar refractivity (Wildman–Crippen MR) is 65.9 cm³/mol. The maximum atomic E-state index is 10.7. The zero-order chi connectivity index (χ0) is 14.4. The van der Waals surface area contributed by atoms with Crippen LogP contribution >= 0.6 is 0 Å². The lowest BCUT2D eigenvalue weighted by Gasteiger charge is -2.05. The number of nitro groups is 1. The Morgan fingerprint density at radius 1 is 1.37 bits per heavy atom. The lowest BCUT2D eigenvalue weighted by atomic mass is 9.80. The van der Waals surface area contributed by atoms with Crippen molar-refractivity contribution in [2.75, 3.05) is 5.32 Å². The monoisotopic (exact) mass is 258 g/mol. The number of anilines is 1. The molecule has 0 bridgehead atoms. The molecule has 1 rings (SSSR count). The Hall–Kier alpha value is -2.88. The number of hydrogen-bond donors (Lipinski definition) is 3. The highest BCUT2D eigenvalue weighted by molar-refractivity contribution is 6.58. The SMILES string of the molecule is N#CC(C#N)=CNc1cc(B(O)O)cc([N+](=O)[O-])c1. The summed E-state index contributed by atoms with van der Waals surface area (Å²) in [4.78, 5) is 9.97.